The van der Waals surface area contributed by atoms with Gasteiger partial charge in [0.2, 0.25) is 0 Å². The molecule has 28 heavy (non-hydrogen) atoms. The van der Waals surface area contributed by atoms with E-state index in [0.717, 1.165) is 12.3 Å². The van der Waals surface area contributed by atoms with Crippen molar-refractivity contribution in [2.24, 2.45) is 5.73 Å². The van der Waals surface area contributed by atoms with E-state index < -0.39 is 30.2 Å². The Labute approximate surface area is 159 Å². The van der Waals surface area contributed by atoms with Gasteiger partial charge in [0.15, 0.2) is 11.6 Å². The lowest BCUT2D eigenvalue weighted by Crippen LogP contribution is -2.43. The smallest absolute Gasteiger partial charge is 0.415 e. The number of ether oxygens (including phenoxy) is 2. The van der Waals surface area contributed by atoms with Crippen LogP contribution in [0.5, 0.6) is 5.75 Å². The Bertz CT molecular complexity index is 879. The van der Waals surface area contributed by atoms with Crippen molar-refractivity contribution < 1.29 is 31.8 Å². The lowest BCUT2D eigenvalue weighted by atomic mass is 10.1. The largest absolute Gasteiger partial charge is 0.494 e. The van der Waals surface area contributed by atoms with Crippen molar-refractivity contribution in [2.75, 3.05) is 18.6 Å². The van der Waals surface area contributed by atoms with Crippen LogP contribution in [0.2, 0.25) is 0 Å². The summed E-state index contributed by atoms with van der Waals surface area (Å²) in [6, 6.07) is 2.36. The molecule has 0 bridgehead atoms. The molecule has 2 N–H and O–H groups in total. The number of aromatic nitrogens is 1. The summed E-state index contributed by atoms with van der Waals surface area (Å²) in [7, 11) is 1.27. The van der Waals surface area contributed by atoms with E-state index in [9.17, 15) is 22.4 Å². The molecular formula is C18H21F4N3O3. The minimum absolute atomic E-state index is 0.0741. The fraction of sp³-hybridized carbons (Fsp3) is 0.444. The molecule has 0 saturated heterocycles. The second-order valence-electron chi connectivity index (χ2n) is 7.01. The third kappa shape index (κ3) is 5.00. The maximum absolute atomic E-state index is 14.1. The highest BCUT2D eigenvalue weighted by molar-refractivity contribution is 5.95. The lowest BCUT2D eigenvalue weighted by molar-refractivity contribution is -0.119. The molecular weight excluding hydrogens is 382 g/mol. The van der Waals surface area contributed by atoms with E-state index in [2.05, 4.69) is 4.98 Å². The van der Waals surface area contributed by atoms with E-state index in [4.69, 9.17) is 15.2 Å². The molecule has 0 radical (unpaired) electrons. The van der Waals surface area contributed by atoms with Crippen LogP contribution in [0.4, 0.5) is 28.0 Å². The fourth-order valence-corrected chi connectivity index (χ4v) is 2.59. The van der Waals surface area contributed by atoms with E-state index >= 15 is 0 Å². The van der Waals surface area contributed by atoms with Gasteiger partial charge in [-0.05, 0) is 26.8 Å². The first-order valence-corrected chi connectivity index (χ1v) is 8.28. The van der Waals surface area contributed by atoms with Crippen LogP contribution < -0.4 is 15.4 Å². The topological polar surface area (TPSA) is 77.7 Å². The fourth-order valence-electron chi connectivity index (χ4n) is 2.59. The number of carbonyl (C=O) groups excluding carboxylic acids is 1. The average Bonchev–Trinajstić information content (AvgIpc) is 2.55. The zero-order valence-corrected chi connectivity index (χ0v) is 15.9. The number of fused-ring (bicyclic) bond motifs is 1. The molecule has 6 nitrogen and oxygen atoms in total. The van der Waals surface area contributed by atoms with Crippen molar-refractivity contribution in [1.82, 2.24) is 4.98 Å². The Morgan fingerprint density at radius 1 is 1.25 bits per heavy atom. The van der Waals surface area contributed by atoms with Gasteiger partial charge in [0.1, 0.15) is 12.1 Å². The van der Waals surface area contributed by atoms with Crippen LogP contribution in [-0.4, -0.2) is 36.5 Å². The molecule has 2 rings (SSSR count). The van der Waals surface area contributed by atoms with Crippen LogP contribution in [-0.2, 0) is 11.3 Å². The average molecular weight is 403 g/mol. The molecule has 1 amide bonds. The summed E-state index contributed by atoms with van der Waals surface area (Å²) >= 11 is 0. The predicted molar refractivity (Wildman–Crippen MR) is 95.8 cm³/mol. The molecule has 0 atom stereocenters. The van der Waals surface area contributed by atoms with E-state index in [1.54, 1.807) is 0 Å². The number of hydrogen-bond acceptors (Lipinski definition) is 5. The quantitative estimate of drug-likeness (QED) is 0.777. The van der Waals surface area contributed by atoms with Gasteiger partial charge < -0.3 is 15.2 Å². The van der Waals surface area contributed by atoms with Gasteiger partial charge in [0.05, 0.1) is 24.5 Å². The van der Waals surface area contributed by atoms with Gasteiger partial charge in [-0.1, -0.05) is 0 Å². The molecule has 10 heteroatoms. The summed E-state index contributed by atoms with van der Waals surface area (Å²) in [5.41, 5.74) is 4.89. The number of nitrogens with zero attached hydrogens (tertiary/aromatic N) is 2. The Morgan fingerprint density at radius 2 is 1.89 bits per heavy atom. The number of benzene rings is 1. The monoisotopic (exact) mass is 403 g/mol. The van der Waals surface area contributed by atoms with Crippen LogP contribution in [0.3, 0.4) is 0 Å². The zero-order valence-electron chi connectivity index (χ0n) is 15.9. The van der Waals surface area contributed by atoms with Crippen LogP contribution in [0.25, 0.3) is 10.9 Å². The Morgan fingerprint density at radius 3 is 2.39 bits per heavy atom. The van der Waals surface area contributed by atoms with Crippen LogP contribution in [0.1, 0.15) is 26.3 Å². The van der Waals surface area contributed by atoms with Crippen molar-refractivity contribution >= 4 is 22.7 Å². The maximum Gasteiger partial charge on any atom is 0.415 e. The van der Waals surface area contributed by atoms with E-state index in [-0.39, 0.29) is 34.4 Å². The van der Waals surface area contributed by atoms with Gasteiger partial charge in [0.25, 0.3) is 0 Å². The van der Waals surface area contributed by atoms with Crippen molar-refractivity contribution in [3.8, 4) is 5.75 Å². The first-order chi connectivity index (χ1) is 12.9. The molecule has 1 aromatic carbocycles. The first-order valence-electron chi connectivity index (χ1n) is 8.28. The number of pyridine rings is 1. The molecule has 0 unspecified atom stereocenters. The van der Waals surface area contributed by atoms with Gasteiger partial charge in [0, 0.05) is 23.6 Å². The number of rotatable bonds is 4. The summed E-state index contributed by atoms with van der Waals surface area (Å²) in [5.74, 6) is -0.807. The standard InChI is InChI=1S/C18H21F4N3O3/c1-17(2,3)28-16(26)25(9-18(20,21)22)14-8-24-13-6-15(27-4)12(19)5-10(13)11(14)7-23/h5-6,8H,7,9,23H2,1-4H3. The number of hydrogen-bond donors (Lipinski definition) is 1. The summed E-state index contributed by atoms with van der Waals surface area (Å²) in [5, 5.41) is 0.175. The Kier molecular flexibility index (Phi) is 6.03. The number of alkyl halides is 3. The highest BCUT2D eigenvalue weighted by Gasteiger charge is 2.37. The van der Waals surface area contributed by atoms with Gasteiger partial charge in [-0.2, -0.15) is 13.2 Å². The maximum atomic E-state index is 14.1. The molecule has 0 aliphatic rings. The van der Waals surface area contributed by atoms with Gasteiger partial charge in [-0.3, -0.25) is 9.88 Å². The summed E-state index contributed by atoms with van der Waals surface area (Å²) in [6.07, 6.45) is -4.84. The van der Waals surface area contributed by atoms with Crippen LogP contribution in [0.15, 0.2) is 18.3 Å². The molecule has 1 heterocycles. The molecule has 0 spiro atoms. The second-order valence-corrected chi connectivity index (χ2v) is 7.01. The number of carbonyl (C=O) groups is 1. The van der Waals surface area contributed by atoms with E-state index in [1.807, 2.05) is 0 Å². The number of nitrogens with two attached hydrogens (primary N) is 1. The van der Waals surface area contributed by atoms with Crippen molar-refractivity contribution in [1.29, 1.82) is 0 Å². The summed E-state index contributed by atoms with van der Waals surface area (Å²) < 4.78 is 63.5. The minimum atomic E-state index is -4.71. The Balaban J connectivity index is 2.65. The Hall–Kier alpha value is -2.62. The van der Waals surface area contributed by atoms with Gasteiger partial charge >= 0.3 is 12.3 Å². The van der Waals surface area contributed by atoms with E-state index in [1.165, 1.54) is 33.9 Å². The highest BCUT2D eigenvalue weighted by atomic mass is 19.4. The molecule has 154 valence electrons. The minimum Gasteiger partial charge on any atom is -0.494 e. The molecule has 0 saturated carbocycles. The van der Waals surface area contributed by atoms with Gasteiger partial charge in [-0.15, -0.1) is 0 Å². The van der Waals surface area contributed by atoms with Crippen LogP contribution >= 0.6 is 0 Å². The van der Waals surface area contributed by atoms with Crippen molar-refractivity contribution in [3.05, 3.63) is 29.7 Å². The number of methoxy groups -OCH3 is 1. The molecule has 1 aromatic heterocycles. The highest BCUT2D eigenvalue weighted by Crippen LogP contribution is 2.33. The molecule has 0 aliphatic heterocycles. The van der Waals surface area contributed by atoms with Gasteiger partial charge in [-0.25, -0.2) is 9.18 Å². The second kappa shape index (κ2) is 7.78. The SMILES string of the molecule is COc1cc2ncc(N(CC(F)(F)F)C(=O)OC(C)(C)C)c(CN)c2cc1F. The van der Waals surface area contributed by atoms with Crippen molar-refractivity contribution in [3.63, 3.8) is 0 Å². The number of anilines is 1. The third-order valence-corrected chi connectivity index (χ3v) is 3.68. The molecule has 0 fully saturated rings. The summed E-state index contributed by atoms with van der Waals surface area (Å²) in [6.45, 7) is 2.72. The van der Waals surface area contributed by atoms with Crippen LogP contribution in [0, 0.1) is 5.82 Å². The number of amides is 1. The predicted octanol–water partition coefficient (Wildman–Crippen LogP) is 4.15. The van der Waals surface area contributed by atoms with E-state index in [0.29, 0.717) is 4.90 Å². The summed E-state index contributed by atoms with van der Waals surface area (Å²) in [4.78, 5) is 16.9. The third-order valence-electron chi connectivity index (χ3n) is 3.68. The normalized spacial score (nSPS) is 12.2. The van der Waals surface area contributed by atoms with Crippen molar-refractivity contribution in [2.45, 2.75) is 39.1 Å². The number of halogens is 4. The lowest BCUT2D eigenvalue weighted by Gasteiger charge is -2.29. The molecule has 2 aromatic rings. The molecule has 0 aliphatic carbocycles. The zero-order chi connectivity index (χ0) is 21.3. The first kappa shape index (κ1) is 21.7.